The van der Waals surface area contributed by atoms with Gasteiger partial charge < -0.3 is 14.4 Å². The van der Waals surface area contributed by atoms with Crippen LogP contribution in [0.4, 0.5) is 0 Å². The first-order valence-corrected chi connectivity index (χ1v) is 9.44. The lowest BCUT2D eigenvalue weighted by atomic mass is 10.1. The molecule has 0 amide bonds. The van der Waals surface area contributed by atoms with Crippen LogP contribution in [0, 0.1) is 0 Å². The third kappa shape index (κ3) is 3.27. The highest BCUT2D eigenvalue weighted by molar-refractivity contribution is 7.13. The van der Waals surface area contributed by atoms with Gasteiger partial charge in [-0.05, 0) is 29.4 Å². The normalized spacial score (nSPS) is 11.9. The van der Waals surface area contributed by atoms with E-state index in [0.717, 1.165) is 16.6 Å². The molecule has 0 unspecified atom stereocenters. The Morgan fingerprint density at radius 2 is 2.00 bits per heavy atom. The molecule has 0 aliphatic heterocycles. The van der Waals surface area contributed by atoms with Crippen molar-refractivity contribution in [2.24, 2.45) is 5.16 Å². The van der Waals surface area contributed by atoms with Crippen LogP contribution in [-0.4, -0.2) is 17.3 Å². The highest BCUT2D eigenvalue weighted by Gasteiger charge is 2.14. The number of aromatic nitrogens is 1. The van der Waals surface area contributed by atoms with Gasteiger partial charge in [0, 0.05) is 16.3 Å². The number of benzene rings is 2. The second-order valence-corrected chi connectivity index (χ2v) is 7.28. The van der Waals surface area contributed by atoms with Crippen molar-refractivity contribution in [3.05, 3.63) is 63.4 Å². The zero-order chi connectivity index (χ0) is 19.0. The van der Waals surface area contributed by atoms with Crippen molar-refractivity contribution in [3.63, 3.8) is 0 Å². The maximum absolute atomic E-state index is 9.43. The lowest BCUT2D eigenvalue weighted by Crippen LogP contribution is -2.06. The maximum Gasteiger partial charge on any atom is 0.266 e. The number of fused-ring (bicyclic) bond motifs is 1. The minimum atomic E-state index is 0.0574. The van der Waals surface area contributed by atoms with Crippen LogP contribution in [0.15, 0.2) is 57.4 Å². The summed E-state index contributed by atoms with van der Waals surface area (Å²) in [5, 5.41) is 17.0. The molecule has 4 aromatic rings. The summed E-state index contributed by atoms with van der Waals surface area (Å²) in [7, 11) is 1.55. The van der Waals surface area contributed by atoms with Crippen molar-refractivity contribution in [3.8, 4) is 27.6 Å². The van der Waals surface area contributed by atoms with E-state index in [2.05, 4.69) is 10.1 Å². The summed E-state index contributed by atoms with van der Waals surface area (Å²) >= 11 is 13.5. The fourth-order valence-corrected chi connectivity index (χ4v) is 3.83. The molecule has 2 heterocycles. The van der Waals surface area contributed by atoms with E-state index in [4.69, 9.17) is 32.4 Å². The topological polar surface area (TPSA) is 67.9 Å². The Morgan fingerprint density at radius 3 is 2.74 bits per heavy atom. The lowest BCUT2D eigenvalue weighted by Gasteiger charge is -2.05. The highest BCUT2D eigenvalue weighted by atomic mass is 35.5. The largest absolute Gasteiger partial charge is 0.493 e. The predicted molar refractivity (Wildman–Crippen MR) is 107 cm³/mol. The molecule has 0 atom stereocenters. The van der Waals surface area contributed by atoms with Crippen LogP contribution in [0.1, 0.15) is 0 Å². The van der Waals surface area contributed by atoms with Gasteiger partial charge in [0.25, 0.3) is 5.55 Å². The molecule has 8 heteroatoms. The molecule has 0 saturated heterocycles. The zero-order valence-electron chi connectivity index (χ0n) is 13.9. The Kier molecular flexibility index (Phi) is 4.78. The number of rotatable bonds is 3. The number of methoxy groups -OCH3 is 1. The Balaban J connectivity index is 1.85. The second-order valence-electron chi connectivity index (χ2n) is 5.61. The average molecular weight is 419 g/mol. The first kappa shape index (κ1) is 17.9. The maximum atomic E-state index is 9.43. The van der Waals surface area contributed by atoms with Gasteiger partial charge >= 0.3 is 0 Å². The molecule has 2 aromatic heterocycles. The van der Waals surface area contributed by atoms with Gasteiger partial charge in [0.2, 0.25) is 0 Å². The Hall–Kier alpha value is -2.54. The van der Waals surface area contributed by atoms with E-state index in [0.29, 0.717) is 31.9 Å². The first-order chi connectivity index (χ1) is 13.1. The summed E-state index contributed by atoms with van der Waals surface area (Å²) in [6.07, 6.45) is 0. The van der Waals surface area contributed by atoms with Crippen molar-refractivity contribution in [1.82, 2.24) is 4.98 Å². The number of halogens is 2. The van der Waals surface area contributed by atoms with Crippen molar-refractivity contribution >= 4 is 45.5 Å². The number of para-hydroxylation sites is 1. The van der Waals surface area contributed by atoms with Crippen LogP contribution < -0.4 is 10.3 Å². The monoisotopic (exact) mass is 418 g/mol. The van der Waals surface area contributed by atoms with Gasteiger partial charge in [-0.3, -0.25) is 0 Å². The summed E-state index contributed by atoms with van der Waals surface area (Å²) in [6.45, 7) is 0. The predicted octanol–water partition coefficient (Wildman–Crippen LogP) is 5.83. The molecular weight excluding hydrogens is 407 g/mol. The molecule has 0 aliphatic carbocycles. The molecule has 0 radical (unpaired) electrons. The van der Waals surface area contributed by atoms with Gasteiger partial charge in [-0.2, -0.15) is 0 Å². The Bertz CT molecular complexity index is 1220. The number of ether oxygens (including phenoxy) is 1. The molecule has 0 bridgehead atoms. The summed E-state index contributed by atoms with van der Waals surface area (Å²) in [4.78, 5) is 4.63. The Morgan fingerprint density at radius 1 is 1.15 bits per heavy atom. The summed E-state index contributed by atoms with van der Waals surface area (Å²) in [5.74, 6) is 0.555. The third-order valence-corrected chi connectivity index (χ3v) is 5.61. The standard InChI is InChI=1S/C19H12Cl2N2O3S/c1-25-16-4-2-3-11-7-12(18(23-24)26-17(11)16)19-22-15(9-27-19)10-5-6-13(20)14(21)8-10/h2-9,24H,1H3/b23-18-. The van der Waals surface area contributed by atoms with Crippen LogP contribution in [0.2, 0.25) is 10.0 Å². The fraction of sp³-hybridized carbons (Fsp3) is 0.0526. The minimum Gasteiger partial charge on any atom is -0.493 e. The van der Waals surface area contributed by atoms with Gasteiger partial charge in [0.1, 0.15) is 5.01 Å². The lowest BCUT2D eigenvalue weighted by molar-refractivity contribution is 0.276. The van der Waals surface area contributed by atoms with E-state index in [1.807, 2.05) is 29.6 Å². The van der Waals surface area contributed by atoms with Crippen molar-refractivity contribution in [1.29, 1.82) is 0 Å². The molecule has 27 heavy (non-hydrogen) atoms. The molecule has 0 fully saturated rings. The summed E-state index contributed by atoms with van der Waals surface area (Å²) < 4.78 is 11.1. The molecule has 0 aliphatic rings. The molecule has 4 rings (SSSR count). The second kappa shape index (κ2) is 7.23. The molecule has 1 N–H and O–H groups in total. The van der Waals surface area contributed by atoms with E-state index in [1.165, 1.54) is 11.3 Å². The van der Waals surface area contributed by atoms with Crippen LogP contribution in [0.3, 0.4) is 0 Å². The van der Waals surface area contributed by atoms with Crippen LogP contribution in [0.5, 0.6) is 5.75 Å². The van der Waals surface area contributed by atoms with Gasteiger partial charge in [-0.15, -0.1) is 11.3 Å². The van der Waals surface area contributed by atoms with E-state index < -0.39 is 0 Å². The van der Waals surface area contributed by atoms with Crippen LogP contribution >= 0.6 is 34.5 Å². The summed E-state index contributed by atoms with van der Waals surface area (Å²) in [5.41, 5.74) is 2.71. The van der Waals surface area contributed by atoms with E-state index >= 15 is 0 Å². The average Bonchev–Trinajstić information content (AvgIpc) is 3.18. The number of hydrogen-bond acceptors (Lipinski definition) is 6. The van der Waals surface area contributed by atoms with Crippen LogP contribution in [-0.2, 0) is 0 Å². The van der Waals surface area contributed by atoms with Gasteiger partial charge in [0.15, 0.2) is 11.3 Å². The van der Waals surface area contributed by atoms with Crippen molar-refractivity contribution < 1.29 is 14.4 Å². The number of nitrogens with zero attached hydrogens (tertiary/aromatic N) is 2. The quantitative estimate of drug-likeness (QED) is 0.335. The van der Waals surface area contributed by atoms with Crippen molar-refractivity contribution in [2.45, 2.75) is 0 Å². The van der Waals surface area contributed by atoms with Crippen molar-refractivity contribution in [2.75, 3.05) is 7.11 Å². The Labute approximate surface area is 168 Å². The molecule has 136 valence electrons. The molecule has 0 spiro atoms. The number of hydrogen-bond donors (Lipinski definition) is 1. The molecular formula is C19H12Cl2N2O3S. The van der Waals surface area contributed by atoms with E-state index in [9.17, 15) is 5.21 Å². The third-order valence-electron chi connectivity index (χ3n) is 4.00. The molecule has 0 saturated carbocycles. The van der Waals surface area contributed by atoms with E-state index in [-0.39, 0.29) is 5.55 Å². The molecule has 2 aromatic carbocycles. The first-order valence-electron chi connectivity index (χ1n) is 7.81. The van der Waals surface area contributed by atoms with Crippen LogP contribution in [0.25, 0.3) is 32.8 Å². The highest BCUT2D eigenvalue weighted by Crippen LogP contribution is 2.33. The zero-order valence-corrected chi connectivity index (χ0v) is 16.3. The smallest absolute Gasteiger partial charge is 0.266 e. The number of thiazole rings is 1. The molecule has 5 nitrogen and oxygen atoms in total. The minimum absolute atomic E-state index is 0.0574. The van der Waals surface area contributed by atoms with Gasteiger partial charge in [-0.25, -0.2) is 4.98 Å². The SMILES string of the molecule is COc1cccc2cc(-c3nc(-c4ccc(Cl)c(Cl)c4)cs3)/c(=N/O)oc12. The van der Waals surface area contributed by atoms with Gasteiger partial charge in [0.05, 0.1) is 28.4 Å². The summed E-state index contributed by atoms with van der Waals surface area (Å²) in [6, 6.07) is 12.7. The fourth-order valence-electron chi connectivity index (χ4n) is 2.70. The van der Waals surface area contributed by atoms with E-state index in [1.54, 1.807) is 25.3 Å². The van der Waals surface area contributed by atoms with Gasteiger partial charge in [-0.1, -0.05) is 41.4 Å².